The van der Waals surface area contributed by atoms with Gasteiger partial charge in [-0.15, -0.1) is 0 Å². The van der Waals surface area contributed by atoms with E-state index >= 15 is 0 Å². The van der Waals surface area contributed by atoms with Crippen LogP contribution in [0.5, 0.6) is 0 Å². The minimum absolute atomic E-state index is 0.0285. The van der Waals surface area contributed by atoms with Gasteiger partial charge in [0.2, 0.25) is 0 Å². The molecule has 0 spiro atoms. The maximum Gasteiger partial charge on any atom is 0.471 e. The van der Waals surface area contributed by atoms with Gasteiger partial charge in [-0.3, -0.25) is 4.79 Å². The number of azide groups is 1. The molecule has 0 aliphatic heterocycles. The van der Waals surface area contributed by atoms with Crippen molar-refractivity contribution in [1.29, 1.82) is 0 Å². The first-order valence-corrected chi connectivity index (χ1v) is 3.97. The van der Waals surface area contributed by atoms with Crippen molar-refractivity contribution in [2.24, 2.45) is 5.11 Å². The normalized spacial score (nSPS) is 10.4. The van der Waals surface area contributed by atoms with E-state index in [9.17, 15) is 18.0 Å². The molecule has 0 unspecified atom stereocenters. The summed E-state index contributed by atoms with van der Waals surface area (Å²) in [6.07, 6.45) is -4.93. The Bertz CT molecular complexity index is 434. The van der Waals surface area contributed by atoms with Crippen LogP contribution >= 0.6 is 0 Å². The summed E-state index contributed by atoms with van der Waals surface area (Å²) in [6, 6.07) is 4.97. The smallest absolute Gasteiger partial charge is 0.318 e. The maximum atomic E-state index is 11.9. The van der Waals surface area contributed by atoms with Crippen LogP contribution in [0, 0.1) is 0 Å². The SMILES string of the molecule is [N-]=[N+]=Nc1ccc(NC(=O)C(F)(F)F)cc1. The van der Waals surface area contributed by atoms with Crippen LogP contribution in [0.2, 0.25) is 0 Å². The molecule has 84 valence electrons. The van der Waals surface area contributed by atoms with Gasteiger partial charge >= 0.3 is 12.1 Å². The quantitative estimate of drug-likeness (QED) is 0.472. The molecule has 0 heterocycles. The zero-order valence-electron chi connectivity index (χ0n) is 7.69. The highest BCUT2D eigenvalue weighted by Crippen LogP contribution is 2.20. The Morgan fingerprint density at radius 1 is 1.31 bits per heavy atom. The van der Waals surface area contributed by atoms with Crippen LogP contribution in [0.15, 0.2) is 29.4 Å². The van der Waals surface area contributed by atoms with E-state index in [1.165, 1.54) is 24.3 Å². The molecule has 16 heavy (non-hydrogen) atoms. The second-order valence-electron chi connectivity index (χ2n) is 2.69. The largest absolute Gasteiger partial charge is 0.471 e. The second-order valence-corrected chi connectivity index (χ2v) is 2.69. The molecule has 0 bridgehead atoms. The fourth-order valence-corrected chi connectivity index (χ4v) is 0.865. The summed E-state index contributed by atoms with van der Waals surface area (Å²) in [4.78, 5) is 13.0. The molecule has 1 amide bonds. The number of nitrogens with one attached hydrogen (secondary N) is 1. The third-order valence-electron chi connectivity index (χ3n) is 1.54. The van der Waals surface area contributed by atoms with Crippen molar-refractivity contribution in [3.8, 4) is 0 Å². The van der Waals surface area contributed by atoms with Gasteiger partial charge < -0.3 is 5.32 Å². The number of nitrogens with zero attached hydrogens (tertiary/aromatic N) is 3. The van der Waals surface area contributed by atoms with Crippen molar-refractivity contribution in [3.05, 3.63) is 34.7 Å². The summed E-state index contributed by atoms with van der Waals surface area (Å²) in [5.74, 6) is -2.05. The van der Waals surface area contributed by atoms with Gasteiger partial charge in [0.05, 0.1) is 0 Å². The molecule has 5 nitrogen and oxygen atoms in total. The number of carbonyl (C=O) groups excluding carboxylic acids is 1. The zero-order chi connectivity index (χ0) is 12.2. The molecule has 1 N–H and O–H groups in total. The topological polar surface area (TPSA) is 77.9 Å². The van der Waals surface area contributed by atoms with Crippen LogP contribution in [0.3, 0.4) is 0 Å². The van der Waals surface area contributed by atoms with E-state index in [2.05, 4.69) is 10.0 Å². The predicted octanol–water partition coefficient (Wildman–Crippen LogP) is 3.13. The number of benzene rings is 1. The van der Waals surface area contributed by atoms with Crippen molar-refractivity contribution in [2.45, 2.75) is 6.18 Å². The van der Waals surface area contributed by atoms with E-state index < -0.39 is 12.1 Å². The molecule has 0 radical (unpaired) electrons. The van der Waals surface area contributed by atoms with Crippen LogP contribution in [0.25, 0.3) is 10.4 Å². The van der Waals surface area contributed by atoms with Crippen LogP contribution in [0.4, 0.5) is 24.5 Å². The second kappa shape index (κ2) is 4.54. The first-order valence-electron chi connectivity index (χ1n) is 3.97. The van der Waals surface area contributed by atoms with Gasteiger partial charge in [-0.2, -0.15) is 13.2 Å². The number of rotatable bonds is 2. The highest BCUT2D eigenvalue weighted by Gasteiger charge is 2.38. The van der Waals surface area contributed by atoms with E-state index in [0.717, 1.165) is 0 Å². The van der Waals surface area contributed by atoms with E-state index in [1.807, 2.05) is 0 Å². The summed E-state index contributed by atoms with van der Waals surface area (Å²) in [5.41, 5.74) is 8.30. The molecule has 1 rings (SSSR count). The Balaban J connectivity index is 2.76. The van der Waals surface area contributed by atoms with E-state index in [-0.39, 0.29) is 11.4 Å². The fraction of sp³-hybridized carbons (Fsp3) is 0.125. The summed E-state index contributed by atoms with van der Waals surface area (Å²) in [7, 11) is 0. The molecular formula is C8H5F3N4O. The van der Waals surface area contributed by atoms with E-state index in [4.69, 9.17) is 5.53 Å². The Morgan fingerprint density at radius 2 is 1.88 bits per heavy atom. The van der Waals surface area contributed by atoms with Gasteiger partial charge in [-0.25, -0.2) is 0 Å². The van der Waals surface area contributed by atoms with Crippen LogP contribution in [-0.2, 0) is 4.79 Å². The lowest BCUT2D eigenvalue weighted by molar-refractivity contribution is -0.167. The summed E-state index contributed by atoms with van der Waals surface area (Å²) in [6.45, 7) is 0. The minimum Gasteiger partial charge on any atom is -0.318 e. The highest BCUT2D eigenvalue weighted by atomic mass is 19.4. The number of hydrogen-bond acceptors (Lipinski definition) is 2. The molecule has 0 aliphatic rings. The lowest BCUT2D eigenvalue weighted by Gasteiger charge is -2.07. The Labute approximate surface area is 87.5 Å². The third-order valence-corrected chi connectivity index (χ3v) is 1.54. The standard InChI is InChI=1S/C8H5F3N4O/c9-8(10,11)7(16)13-5-1-3-6(4-2-5)14-15-12/h1-4H,(H,13,16). The monoisotopic (exact) mass is 230 g/mol. The molecule has 8 heteroatoms. The number of anilines is 1. The van der Waals surface area contributed by atoms with E-state index in [1.54, 1.807) is 5.32 Å². The van der Waals surface area contributed by atoms with E-state index in [0.29, 0.717) is 0 Å². The highest BCUT2D eigenvalue weighted by molar-refractivity contribution is 5.94. The Kier molecular flexibility index (Phi) is 3.37. The van der Waals surface area contributed by atoms with Crippen molar-refractivity contribution >= 4 is 17.3 Å². The van der Waals surface area contributed by atoms with Crippen LogP contribution in [-0.4, -0.2) is 12.1 Å². The van der Waals surface area contributed by atoms with Gasteiger partial charge in [-0.1, -0.05) is 17.2 Å². The van der Waals surface area contributed by atoms with Crippen LogP contribution in [0.1, 0.15) is 0 Å². The van der Waals surface area contributed by atoms with Crippen molar-refractivity contribution < 1.29 is 18.0 Å². The van der Waals surface area contributed by atoms with Gasteiger partial charge in [0.15, 0.2) is 0 Å². The summed E-state index contributed by atoms with van der Waals surface area (Å²) < 4.78 is 35.6. The van der Waals surface area contributed by atoms with Gasteiger partial charge in [-0.05, 0) is 17.7 Å². The van der Waals surface area contributed by atoms with Crippen LogP contribution < -0.4 is 5.32 Å². The Morgan fingerprint density at radius 3 is 2.31 bits per heavy atom. The van der Waals surface area contributed by atoms with Crippen molar-refractivity contribution in [2.75, 3.05) is 5.32 Å². The lowest BCUT2D eigenvalue weighted by atomic mass is 10.3. The molecule has 1 aromatic carbocycles. The molecule has 0 aliphatic carbocycles. The molecule has 0 saturated heterocycles. The maximum absolute atomic E-state index is 11.9. The summed E-state index contributed by atoms with van der Waals surface area (Å²) >= 11 is 0. The average molecular weight is 230 g/mol. The summed E-state index contributed by atoms with van der Waals surface area (Å²) in [5, 5.41) is 4.87. The van der Waals surface area contributed by atoms with Gasteiger partial charge in [0.1, 0.15) is 0 Å². The first-order chi connectivity index (χ1) is 7.43. The van der Waals surface area contributed by atoms with Crippen molar-refractivity contribution in [3.63, 3.8) is 0 Å². The number of carbonyl (C=O) groups is 1. The number of halogens is 3. The molecule has 0 fully saturated rings. The van der Waals surface area contributed by atoms with Gasteiger partial charge in [0, 0.05) is 16.3 Å². The Hall–Kier alpha value is -2.21. The average Bonchev–Trinajstić information content (AvgIpc) is 2.20. The number of alkyl halides is 3. The molecule has 1 aromatic rings. The zero-order valence-corrected chi connectivity index (χ0v) is 7.69. The number of amides is 1. The number of hydrogen-bond donors (Lipinski definition) is 1. The third kappa shape index (κ3) is 3.18. The molecule has 0 aromatic heterocycles. The van der Waals surface area contributed by atoms with Gasteiger partial charge in [0.25, 0.3) is 0 Å². The fourth-order valence-electron chi connectivity index (χ4n) is 0.865. The molecule has 0 atom stereocenters. The lowest BCUT2D eigenvalue weighted by Crippen LogP contribution is -2.29. The molecule has 0 saturated carbocycles. The molecular weight excluding hydrogens is 225 g/mol. The van der Waals surface area contributed by atoms with Crippen molar-refractivity contribution in [1.82, 2.24) is 0 Å². The first kappa shape index (κ1) is 11.9. The minimum atomic E-state index is -4.93. The predicted molar refractivity (Wildman–Crippen MR) is 49.9 cm³/mol.